The van der Waals surface area contributed by atoms with Crippen molar-refractivity contribution in [3.63, 3.8) is 0 Å². The van der Waals surface area contributed by atoms with E-state index in [9.17, 15) is 9.59 Å². The number of aromatic amines is 1. The van der Waals surface area contributed by atoms with Gasteiger partial charge in [0.1, 0.15) is 5.56 Å². The first-order valence-corrected chi connectivity index (χ1v) is 6.90. The zero-order valence-corrected chi connectivity index (χ0v) is 11.7. The minimum Gasteiger partial charge on any atom is -0.365 e. The van der Waals surface area contributed by atoms with Gasteiger partial charge in [-0.25, -0.2) is 4.98 Å². The third-order valence-electron chi connectivity index (χ3n) is 2.48. The molecular formula is C12H13N5O2S. The number of hydrogen-bond donors (Lipinski definition) is 3. The summed E-state index contributed by atoms with van der Waals surface area (Å²) in [6, 6.07) is 1.82. The number of amides is 1. The van der Waals surface area contributed by atoms with Gasteiger partial charge in [0.05, 0.1) is 11.9 Å². The predicted molar refractivity (Wildman–Crippen MR) is 77.4 cm³/mol. The highest BCUT2D eigenvalue weighted by atomic mass is 32.2. The van der Waals surface area contributed by atoms with Crippen LogP contribution >= 0.6 is 11.8 Å². The molecular weight excluding hydrogens is 278 g/mol. The first-order valence-electron chi connectivity index (χ1n) is 5.68. The standard InChI is InChI=1S/C12H13N5O2S/c1-6-3-7(5-14-4-6)15-10-8(9(13)18)11(19)17-12(16-10)20-2/h3-5H,1-2H3,(H2,13,18)(H2,15,16,17,19). The van der Waals surface area contributed by atoms with Gasteiger partial charge in [-0.05, 0) is 24.8 Å². The average molecular weight is 291 g/mol. The van der Waals surface area contributed by atoms with Crippen molar-refractivity contribution in [3.05, 3.63) is 39.9 Å². The predicted octanol–water partition coefficient (Wildman–Crippen LogP) is 1.04. The maximum atomic E-state index is 11.9. The highest BCUT2D eigenvalue weighted by Gasteiger charge is 2.16. The Morgan fingerprint density at radius 1 is 1.45 bits per heavy atom. The molecule has 4 N–H and O–H groups in total. The summed E-state index contributed by atoms with van der Waals surface area (Å²) in [6.07, 6.45) is 5.03. The van der Waals surface area contributed by atoms with E-state index in [4.69, 9.17) is 5.73 Å². The first kappa shape index (κ1) is 14.1. The van der Waals surface area contributed by atoms with Crippen LogP contribution < -0.4 is 16.6 Å². The number of aryl methyl sites for hydroxylation is 1. The molecule has 0 radical (unpaired) electrons. The molecule has 0 aromatic carbocycles. The number of primary amides is 1. The van der Waals surface area contributed by atoms with Crippen molar-refractivity contribution in [3.8, 4) is 0 Å². The summed E-state index contributed by atoms with van der Waals surface area (Å²) >= 11 is 1.26. The van der Waals surface area contributed by atoms with Crippen molar-refractivity contribution in [2.24, 2.45) is 5.73 Å². The number of thioether (sulfide) groups is 1. The van der Waals surface area contributed by atoms with E-state index in [1.165, 1.54) is 11.8 Å². The molecule has 0 bridgehead atoms. The van der Waals surface area contributed by atoms with Gasteiger partial charge in [-0.3, -0.25) is 14.6 Å². The van der Waals surface area contributed by atoms with E-state index < -0.39 is 11.5 Å². The molecule has 0 spiro atoms. The molecule has 20 heavy (non-hydrogen) atoms. The van der Waals surface area contributed by atoms with Crippen molar-refractivity contribution in [1.82, 2.24) is 15.0 Å². The molecule has 0 saturated heterocycles. The lowest BCUT2D eigenvalue weighted by atomic mass is 10.2. The van der Waals surface area contributed by atoms with Gasteiger partial charge in [-0.1, -0.05) is 11.8 Å². The van der Waals surface area contributed by atoms with E-state index in [-0.39, 0.29) is 11.4 Å². The van der Waals surface area contributed by atoms with Gasteiger partial charge in [0.15, 0.2) is 11.0 Å². The third-order valence-corrected chi connectivity index (χ3v) is 3.06. The van der Waals surface area contributed by atoms with Crippen molar-refractivity contribution in [2.45, 2.75) is 12.1 Å². The quantitative estimate of drug-likeness (QED) is 0.573. The number of anilines is 2. The fraction of sp³-hybridized carbons (Fsp3) is 0.167. The van der Waals surface area contributed by atoms with Crippen LogP contribution in [0.3, 0.4) is 0 Å². The van der Waals surface area contributed by atoms with Gasteiger partial charge < -0.3 is 16.0 Å². The Morgan fingerprint density at radius 3 is 2.80 bits per heavy atom. The minimum atomic E-state index is -0.838. The zero-order chi connectivity index (χ0) is 14.7. The van der Waals surface area contributed by atoms with Crippen LogP contribution in [0.1, 0.15) is 15.9 Å². The summed E-state index contributed by atoms with van der Waals surface area (Å²) in [6.45, 7) is 1.88. The molecule has 8 heteroatoms. The number of H-pyrrole nitrogens is 1. The molecule has 0 unspecified atom stereocenters. The van der Waals surface area contributed by atoms with Crippen molar-refractivity contribution >= 4 is 29.2 Å². The Bertz CT molecular complexity index is 713. The molecule has 0 atom stereocenters. The monoisotopic (exact) mass is 291 g/mol. The van der Waals surface area contributed by atoms with Crippen LogP contribution in [0.5, 0.6) is 0 Å². The fourth-order valence-corrected chi connectivity index (χ4v) is 2.01. The van der Waals surface area contributed by atoms with Crippen molar-refractivity contribution < 1.29 is 4.79 Å². The van der Waals surface area contributed by atoms with Gasteiger partial charge >= 0.3 is 0 Å². The molecule has 7 nitrogen and oxygen atoms in total. The summed E-state index contributed by atoms with van der Waals surface area (Å²) in [5.74, 6) is -0.715. The van der Waals surface area contributed by atoms with Gasteiger partial charge in [0.25, 0.3) is 11.5 Å². The Kier molecular flexibility index (Phi) is 4.04. The molecule has 0 aliphatic rings. The lowest BCUT2D eigenvalue weighted by molar-refractivity contribution is 0.0999. The number of nitrogens with one attached hydrogen (secondary N) is 2. The van der Waals surface area contributed by atoms with E-state index in [1.807, 2.05) is 13.0 Å². The number of nitrogens with zero attached hydrogens (tertiary/aromatic N) is 2. The average Bonchev–Trinajstić information content (AvgIpc) is 2.37. The van der Waals surface area contributed by atoms with Crippen LogP contribution in [0.4, 0.5) is 11.5 Å². The van der Waals surface area contributed by atoms with Gasteiger partial charge in [-0.2, -0.15) is 0 Å². The lowest BCUT2D eigenvalue weighted by Crippen LogP contribution is -2.26. The smallest absolute Gasteiger partial charge is 0.266 e. The third kappa shape index (κ3) is 2.97. The molecule has 104 valence electrons. The molecule has 0 saturated carbocycles. The number of carbonyl (C=O) groups is 1. The first-order chi connectivity index (χ1) is 9.51. The maximum absolute atomic E-state index is 11.9. The second-order valence-corrected chi connectivity index (χ2v) is 4.83. The molecule has 0 aliphatic carbocycles. The number of pyridine rings is 1. The molecule has 1 amide bonds. The highest BCUT2D eigenvalue weighted by Crippen LogP contribution is 2.18. The Hall–Kier alpha value is -2.35. The lowest BCUT2D eigenvalue weighted by Gasteiger charge is -2.09. The number of rotatable bonds is 4. The second-order valence-electron chi connectivity index (χ2n) is 4.04. The summed E-state index contributed by atoms with van der Waals surface area (Å²) < 4.78 is 0. The summed E-state index contributed by atoms with van der Waals surface area (Å²) in [4.78, 5) is 33.9. The highest BCUT2D eigenvalue weighted by molar-refractivity contribution is 7.98. The van der Waals surface area contributed by atoms with Crippen LogP contribution in [-0.2, 0) is 0 Å². The molecule has 0 aliphatic heterocycles. The fourth-order valence-electron chi connectivity index (χ4n) is 1.63. The van der Waals surface area contributed by atoms with Crippen LogP contribution in [-0.4, -0.2) is 27.1 Å². The van der Waals surface area contributed by atoms with Gasteiger partial charge in [0.2, 0.25) is 0 Å². The largest absolute Gasteiger partial charge is 0.365 e. The Labute approximate surface area is 119 Å². The molecule has 2 rings (SSSR count). The van der Waals surface area contributed by atoms with Crippen LogP contribution in [0.15, 0.2) is 28.4 Å². The maximum Gasteiger partial charge on any atom is 0.266 e. The number of carbonyl (C=O) groups excluding carboxylic acids is 1. The van der Waals surface area contributed by atoms with E-state index >= 15 is 0 Å². The normalized spacial score (nSPS) is 10.3. The molecule has 2 aromatic heterocycles. The van der Waals surface area contributed by atoms with Gasteiger partial charge in [0, 0.05) is 6.20 Å². The number of hydrogen-bond acceptors (Lipinski definition) is 6. The van der Waals surface area contributed by atoms with Crippen LogP contribution in [0.25, 0.3) is 0 Å². The summed E-state index contributed by atoms with van der Waals surface area (Å²) in [7, 11) is 0. The summed E-state index contributed by atoms with van der Waals surface area (Å²) in [5, 5.41) is 3.29. The molecule has 2 aromatic rings. The van der Waals surface area contributed by atoms with Crippen molar-refractivity contribution in [2.75, 3.05) is 11.6 Å². The van der Waals surface area contributed by atoms with E-state index in [2.05, 4.69) is 20.3 Å². The van der Waals surface area contributed by atoms with E-state index in [0.29, 0.717) is 10.8 Å². The number of aromatic nitrogens is 3. The van der Waals surface area contributed by atoms with Gasteiger partial charge in [-0.15, -0.1) is 0 Å². The Balaban J connectivity index is 2.51. The van der Waals surface area contributed by atoms with Crippen LogP contribution in [0, 0.1) is 6.92 Å². The second kappa shape index (κ2) is 5.74. The number of nitrogens with two attached hydrogens (primary N) is 1. The van der Waals surface area contributed by atoms with Crippen LogP contribution in [0.2, 0.25) is 0 Å². The Morgan fingerprint density at radius 2 is 2.20 bits per heavy atom. The zero-order valence-electron chi connectivity index (χ0n) is 10.9. The molecule has 2 heterocycles. The SMILES string of the molecule is CSc1nc(Nc2cncc(C)c2)c(C(N)=O)c(=O)[nH]1. The minimum absolute atomic E-state index is 0.123. The van der Waals surface area contributed by atoms with E-state index in [1.54, 1.807) is 18.6 Å². The topological polar surface area (TPSA) is 114 Å². The van der Waals surface area contributed by atoms with Crippen molar-refractivity contribution in [1.29, 1.82) is 0 Å². The molecule has 0 fully saturated rings. The summed E-state index contributed by atoms with van der Waals surface area (Å²) in [5.41, 5.74) is 6.01. The van der Waals surface area contributed by atoms with E-state index in [0.717, 1.165) is 5.56 Å².